The van der Waals surface area contributed by atoms with Crippen molar-refractivity contribution in [3.63, 3.8) is 0 Å². The van der Waals surface area contributed by atoms with E-state index < -0.39 is 0 Å². The molecular weight excluding hydrogens is 226 g/mol. The third kappa shape index (κ3) is 3.72. The first-order chi connectivity index (χ1) is 8.71. The second kappa shape index (κ2) is 7.39. The number of benzene rings is 1. The van der Waals surface area contributed by atoms with Crippen molar-refractivity contribution in [3.05, 3.63) is 29.8 Å². The molecule has 3 nitrogen and oxygen atoms in total. The van der Waals surface area contributed by atoms with Crippen molar-refractivity contribution < 1.29 is 9.84 Å². The maximum atomic E-state index is 9.51. The molecule has 1 rings (SSSR count). The number of aliphatic hydroxyl groups is 1. The average Bonchev–Trinajstić information content (AvgIpc) is 2.44. The van der Waals surface area contributed by atoms with Gasteiger partial charge in [-0.15, -0.1) is 0 Å². The largest absolute Gasteiger partial charge is 0.496 e. The van der Waals surface area contributed by atoms with Gasteiger partial charge in [0.1, 0.15) is 5.75 Å². The van der Waals surface area contributed by atoms with E-state index in [-0.39, 0.29) is 12.0 Å². The maximum Gasteiger partial charge on any atom is 0.123 e. The molecule has 1 aromatic rings. The lowest BCUT2D eigenvalue weighted by atomic mass is 9.83. The summed E-state index contributed by atoms with van der Waals surface area (Å²) in [4.78, 5) is 0. The summed E-state index contributed by atoms with van der Waals surface area (Å²) in [6, 6.07) is 8.01. The van der Waals surface area contributed by atoms with Crippen LogP contribution in [0.4, 0.5) is 0 Å². The molecule has 0 atom stereocenters. The molecule has 2 N–H and O–H groups in total. The van der Waals surface area contributed by atoms with Crippen LogP contribution in [0.3, 0.4) is 0 Å². The van der Waals surface area contributed by atoms with Gasteiger partial charge in [-0.1, -0.05) is 32.0 Å². The average molecular weight is 251 g/mol. The molecule has 0 spiro atoms. The quantitative estimate of drug-likeness (QED) is 0.746. The standard InChI is InChI=1S/C15H25NO2/c1-4-15(5-2,12-17)11-16-10-13-8-6-7-9-14(13)18-3/h6-9,16-17H,4-5,10-12H2,1-3H3. The number of hydrogen-bond acceptors (Lipinski definition) is 3. The van der Waals surface area contributed by atoms with E-state index in [2.05, 4.69) is 25.2 Å². The Hall–Kier alpha value is -1.06. The zero-order valence-corrected chi connectivity index (χ0v) is 11.7. The van der Waals surface area contributed by atoms with Gasteiger partial charge in [-0.25, -0.2) is 0 Å². The van der Waals surface area contributed by atoms with Gasteiger partial charge in [0.2, 0.25) is 0 Å². The molecule has 0 bridgehead atoms. The minimum Gasteiger partial charge on any atom is -0.496 e. The van der Waals surface area contributed by atoms with Crippen LogP contribution in [0.1, 0.15) is 32.3 Å². The summed E-state index contributed by atoms with van der Waals surface area (Å²) in [5, 5.41) is 12.9. The van der Waals surface area contributed by atoms with Crippen molar-refractivity contribution >= 4 is 0 Å². The Morgan fingerprint density at radius 3 is 2.44 bits per heavy atom. The summed E-state index contributed by atoms with van der Waals surface area (Å²) < 4.78 is 5.32. The molecule has 0 amide bonds. The van der Waals surface area contributed by atoms with Crippen LogP contribution in [0.25, 0.3) is 0 Å². The minimum absolute atomic E-state index is 0.00200. The van der Waals surface area contributed by atoms with Crippen LogP contribution >= 0.6 is 0 Å². The molecule has 0 fully saturated rings. The van der Waals surface area contributed by atoms with Crippen LogP contribution in [0.2, 0.25) is 0 Å². The Morgan fingerprint density at radius 1 is 1.22 bits per heavy atom. The van der Waals surface area contributed by atoms with Crippen molar-refractivity contribution in [2.24, 2.45) is 5.41 Å². The van der Waals surface area contributed by atoms with E-state index in [4.69, 9.17) is 4.74 Å². The van der Waals surface area contributed by atoms with E-state index in [0.29, 0.717) is 0 Å². The zero-order chi connectivity index (χ0) is 13.4. The first kappa shape index (κ1) is 15.0. The summed E-state index contributed by atoms with van der Waals surface area (Å²) in [6.45, 7) is 6.09. The van der Waals surface area contributed by atoms with E-state index in [1.54, 1.807) is 7.11 Å². The second-order valence-corrected chi connectivity index (χ2v) is 4.78. The molecule has 0 saturated heterocycles. The van der Waals surface area contributed by atoms with Crippen molar-refractivity contribution in [1.82, 2.24) is 5.32 Å². The molecule has 0 radical (unpaired) electrons. The molecule has 0 aromatic heterocycles. The summed E-state index contributed by atoms with van der Waals surface area (Å²) in [5.74, 6) is 0.910. The van der Waals surface area contributed by atoms with Gasteiger partial charge in [-0.05, 0) is 18.9 Å². The van der Waals surface area contributed by atoms with E-state index in [1.807, 2.05) is 18.2 Å². The van der Waals surface area contributed by atoms with E-state index >= 15 is 0 Å². The Kier molecular flexibility index (Phi) is 6.16. The minimum atomic E-state index is 0.00200. The Labute approximate surface area is 110 Å². The Balaban J connectivity index is 2.55. The van der Waals surface area contributed by atoms with Crippen LogP contribution in [0, 0.1) is 5.41 Å². The van der Waals surface area contributed by atoms with E-state index in [0.717, 1.165) is 37.2 Å². The topological polar surface area (TPSA) is 41.5 Å². The lowest BCUT2D eigenvalue weighted by molar-refractivity contribution is 0.113. The fourth-order valence-corrected chi connectivity index (χ4v) is 2.09. The lowest BCUT2D eigenvalue weighted by Crippen LogP contribution is -2.36. The van der Waals surface area contributed by atoms with Crippen LogP contribution < -0.4 is 10.1 Å². The number of nitrogens with one attached hydrogen (secondary N) is 1. The monoisotopic (exact) mass is 251 g/mol. The first-order valence-electron chi connectivity index (χ1n) is 6.65. The summed E-state index contributed by atoms with van der Waals surface area (Å²) in [6.07, 6.45) is 1.97. The molecule has 3 heteroatoms. The molecule has 1 aromatic carbocycles. The normalized spacial score (nSPS) is 11.6. The summed E-state index contributed by atoms with van der Waals surface area (Å²) in [5.41, 5.74) is 1.15. The van der Waals surface area contributed by atoms with Crippen LogP contribution in [0.15, 0.2) is 24.3 Å². The number of aliphatic hydroxyl groups excluding tert-OH is 1. The van der Waals surface area contributed by atoms with Gasteiger partial charge in [0, 0.05) is 30.7 Å². The van der Waals surface area contributed by atoms with Gasteiger partial charge in [0.05, 0.1) is 7.11 Å². The van der Waals surface area contributed by atoms with Crippen molar-refractivity contribution in [2.45, 2.75) is 33.2 Å². The van der Waals surface area contributed by atoms with E-state index in [1.165, 1.54) is 0 Å². The number of para-hydroxylation sites is 1. The number of ether oxygens (including phenoxy) is 1. The molecule has 0 heterocycles. The molecule has 0 aliphatic heterocycles. The molecule has 0 saturated carbocycles. The Morgan fingerprint density at radius 2 is 1.89 bits per heavy atom. The van der Waals surface area contributed by atoms with Gasteiger partial charge < -0.3 is 15.2 Å². The number of rotatable bonds is 8. The first-order valence-corrected chi connectivity index (χ1v) is 6.65. The highest BCUT2D eigenvalue weighted by atomic mass is 16.5. The van der Waals surface area contributed by atoms with Gasteiger partial charge in [0.25, 0.3) is 0 Å². The molecule has 0 aliphatic rings. The fourth-order valence-electron chi connectivity index (χ4n) is 2.09. The van der Waals surface area contributed by atoms with Crippen LogP contribution in [-0.2, 0) is 6.54 Å². The third-order valence-electron chi connectivity index (χ3n) is 3.84. The van der Waals surface area contributed by atoms with Crippen LogP contribution in [-0.4, -0.2) is 25.4 Å². The summed E-state index contributed by atoms with van der Waals surface area (Å²) >= 11 is 0. The van der Waals surface area contributed by atoms with Gasteiger partial charge in [-0.2, -0.15) is 0 Å². The summed E-state index contributed by atoms with van der Waals surface area (Å²) in [7, 11) is 1.69. The van der Waals surface area contributed by atoms with Crippen molar-refractivity contribution in [2.75, 3.05) is 20.3 Å². The Bertz CT molecular complexity index is 340. The van der Waals surface area contributed by atoms with Crippen molar-refractivity contribution in [3.8, 4) is 5.75 Å². The van der Waals surface area contributed by atoms with E-state index in [9.17, 15) is 5.11 Å². The van der Waals surface area contributed by atoms with Gasteiger partial charge in [0.15, 0.2) is 0 Å². The highest BCUT2D eigenvalue weighted by Gasteiger charge is 2.24. The SMILES string of the molecule is CCC(CC)(CO)CNCc1ccccc1OC. The predicted octanol–water partition coefficient (Wildman–Crippen LogP) is 2.58. The maximum absolute atomic E-state index is 9.51. The predicted molar refractivity (Wildman–Crippen MR) is 74.8 cm³/mol. The molecule has 0 unspecified atom stereocenters. The highest BCUT2D eigenvalue weighted by molar-refractivity contribution is 5.32. The lowest BCUT2D eigenvalue weighted by Gasteiger charge is -2.29. The smallest absolute Gasteiger partial charge is 0.123 e. The second-order valence-electron chi connectivity index (χ2n) is 4.78. The van der Waals surface area contributed by atoms with Crippen molar-refractivity contribution in [1.29, 1.82) is 0 Å². The fraction of sp³-hybridized carbons (Fsp3) is 0.600. The molecule has 102 valence electrons. The van der Waals surface area contributed by atoms with Crippen LogP contribution in [0.5, 0.6) is 5.75 Å². The highest BCUT2D eigenvalue weighted by Crippen LogP contribution is 2.25. The number of hydrogen-bond donors (Lipinski definition) is 2. The molecule has 18 heavy (non-hydrogen) atoms. The van der Waals surface area contributed by atoms with Gasteiger partial charge >= 0.3 is 0 Å². The zero-order valence-electron chi connectivity index (χ0n) is 11.7. The third-order valence-corrected chi connectivity index (χ3v) is 3.84. The number of methoxy groups -OCH3 is 1. The molecular formula is C15H25NO2. The molecule has 0 aliphatic carbocycles. The van der Waals surface area contributed by atoms with Gasteiger partial charge in [-0.3, -0.25) is 0 Å².